The van der Waals surface area contributed by atoms with Gasteiger partial charge in [0.1, 0.15) is 0 Å². The zero-order valence-corrected chi connectivity index (χ0v) is 17.2. The fourth-order valence-corrected chi connectivity index (χ4v) is 3.48. The van der Waals surface area contributed by atoms with Crippen LogP contribution in [0.4, 0.5) is 0 Å². The molecule has 4 aromatic rings. The second-order valence-corrected chi connectivity index (χ2v) is 7.31. The lowest BCUT2D eigenvalue weighted by atomic mass is 10.2. The number of imidazole rings is 1. The zero-order chi connectivity index (χ0) is 21.1. The fourth-order valence-electron chi connectivity index (χ4n) is 3.30. The highest BCUT2D eigenvalue weighted by atomic mass is 35.5. The van der Waals surface area contributed by atoms with Gasteiger partial charge in [-0.2, -0.15) is 9.97 Å². The summed E-state index contributed by atoms with van der Waals surface area (Å²) in [6, 6.07) is 9.52. The van der Waals surface area contributed by atoms with E-state index in [1.165, 1.54) is 9.13 Å². The van der Waals surface area contributed by atoms with Crippen molar-refractivity contribution in [1.82, 2.24) is 29.2 Å². The lowest BCUT2D eigenvalue weighted by Gasteiger charge is -2.10. The minimum atomic E-state index is -0.433. The third-order valence-corrected chi connectivity index (χ3v) is 5.02. The molecule has 0 atom stereocenters. The summed E-state index contributed by atoms with van der Waals surface area (Å²) in [6.07, 6.45) is 2.64. The van der Waals surface area contributed by atoms with Crippen LogP contribution in [-0.4, -0.2) is 29.2 Å². The van der Waals surface area contributed by atoms with E-state index in [1.54, 1.807) is 0 Å². The number of H-pyrrole nitrogens is 1. The van der Waals surface area contributed by atoms with Crippen LogP contribution in [0, 0.1) is 0 Å². The molecule has 9 nitrogen and oxygen atoms in total. The van der Waals surface area contributed by atoms with Crippen LogP contribution in [-0.2, 0) is 19.5 Å². The molecule has 0 saturated carbocycles. The number of rotatable bonds is 8. The molecule has 10 heteroatoms. The van der Waals surface area contributed by atoms with Gasteiger partial charge in [0.15, 0.2) is 11.2 Å². The summed E-state index contributed by atoms with van der Waals surface area (Å²) in [5.41, 5.74) is 0.574. The summed E-state index contributed by atoms with van der Waals surface area (Å²) in [4.78, 5) is 37.0. The lowest BCUT2D eigenvalue weighted by molar-refractivity contribution is 0.371. The molecule has 0 aliphatic carbocycles. The summed E-state index contributed by atoms with van der Waals surface area (Å²) < 4.78 is 8.01. The highest BCUT2D eigenvalue weighted by Gasteiger charge is 2.17. The van der Waals surface area contributed by atoms with Crippen LogP contribution in [0.5, 0.6) is 0 Å². The third-order valence-electron chi connectivity index (χ3n) is 4.84. The molecule has 0 spiro atoms. The van der Waals surface area contributed by atoms with Gasteiger partial charge < -0.3 is 9.51 Å². The summed E-state index contributed by atoms with van der Waals surface area (Å²) in [5, 5.41) is 4.08. The molecule has 3 heterocycles. The second kappa shape index (κ2) is 8.66. The normalized spacial score (nSPS) is 11.4. The van der Waals surface area contributed by atoms with Crippen LogP contribution >= 0.6 is 11.6 Å². The van der Waals surface area contributed by atoms with Crippen LogP contribution in [0.1, 0.15) is 32.1 Å². The molecule has 156 valence electrons. The number of hydrogen-bond donors (Lipinski definition) is 1. The first-order valence-corrected chi connectivity index (χ1v) is 10.2. The van der Waals surface area contributed by atoms with E-state index in [4.69, 9.17) is 16.1 Å². The number of aryl methyl sites for hydroxylation is 2. The van der Waals surface area contributed by atoms with Crippen molar-refractivity contribution < 1.29 is 4.52 Å². The Labute approximate surface area is 176 Å². The Balaban J connectivity index is 1.55. The summed E-state index contributed by atoms with van der Waals surface area (Å²) in [7, 11) is 0. The summed E-state index contributed by atoms with van der Waals surface area (Å²) in [5.74, 6) is 0.970. The zero-order valence-electron chi connectivity index (χ0n) is 16.5. The number of aromatic nitrogens is 6. The maximum absolute atomic E-state index is 12.9. The first-order chi connectivity index (χ1) is 14.6. The Hall–Kier alpha value is -3.20. The maximum atomic E-state index is 12.9. The number of halogens is 1. The van der Waals surface area contributed by atoms with Crippen LogP contribution in [0.3, 0.4) is 0 Å². The van der Waals surface area contributed by atoms with Gasteiger partial charge in [0.2, 0.25) is 17.0 Å². The number of aromatic amines is 1. The van der Waals surface area contributed by atoms with Crippen molar-refractivity contribution in [3.8, 4) is 11.4 Å². The lowest BCUT2D eigenvalue weighted by Crippen LogP contribution is -2.40. The Morgan fingerprint density at radius 3 is 2.60 bits per heavy atom. The van der Waals surface area contributed by atoms with Crippen molar-refractivity contribution >= 4 is 22.8 Å². The molecule has 0 aliphatic heterocycles. The van der Waals surface area contributed by atoms with Crippen LogP contribution in [0.25, 0.3) is 22.6 Å². The van der Waals surface area contributed by atoms with E-state index in [9.17, 15) is 9.59 Å². The Morgan fingerprint density at radius 2 is 1.83 bits per heavy atom. The third kappa shape index (κ3) is 3.93. The van der Waals surface area contributed by atoms with Crippen molar-refractivity contribution in [2.75, 3.05) is 0 Å². The Morgan fingerprint density at radius 1 is 1.07 bits per heavy atom. The largest absolute Gasteiger partial charge is 0.339 e. The van der Waals surface area contributed by atoms with E-state index in [2.05, 4.69) is 20.1 Å². The Kier molecular flexibility index (Phi) is 5.80. The van der Waals surface area contributed by atoms with Crippen molar-refractivity contribution in [3.05, 3.63) is 62.3 Å². The highest BCUT2D eigenvalue weighted by molar-refractivity contribution is 6.28. The van der Waals surface area contributed by atoms with Crippen molar-refractivity contribution in [1.29, 1.82) is 0 Å². The molecule has 4 rings (SSSR count). The molecule has 0 aliphatic rings. The molecule has 1 N–H and O–H groups in total. The van der Waals surface area contributed by atoms with Gasteiger partial charge in [-0.3, -0.25) is 13.9 Å². The summed E-state index contributed by atoms with van der Waals surface area (Å²) in [6.45, 7) is 2.72. The van der Waals surface area contributed by atoms with E-state index in [0.717, 1.165) is 18.4 Å². The van der Waals surface area contributed by atoms with E-state index >= 15 is 0 Å². The smallest absolute Gasteiger partial charge is 0.332 e. The van der Waals surface area contributed by atoms with E-state index in [0.29, 0.717) is 36.7 Å². The average molecular weight is 429 g/mol. The molecule has 3 aromatic heterocycles. The SMILES string of the molecule is CCCCn1c(=O)n(CCCc2nc(-c3ccccc3)no2)c(=O)c2[nH]c(Cl)nc21. The molecule has 0 radical (unpaired) electrons. The Bertz CT molecular complexity index is 1270. The van der Waals surface area contributed by atoms with Crippen LogP contribution in [0.2, 0.25) is 5.28 Å². The number of fused-ring (bicyclic) bond motifs is 1. The van der Waals surface area contributed by atoms with Crippen molar-refractivity contribution in [3.63, 3.8) is 0 Å². The van der Waals surface area contributed by atoms with Gasteiger partial charge in [-0.25, -0.2) is 4.79 Å². The number of unbranched alkanes of at least 4 members (excludes halogenated alkanes) is 1. The number of benzene rings is 1. The van der Waals surface area contributed by atoms with E-state index in [1.807, 2.05) is 37.3 Å². The first kappa shape index (κ1) is 20.1. The molecule has 0 unspecified atom stereocenters. The molecule has 0 bridgehead atoms. The quantitative estimate of drug-likeness (QED) is 0.432. The number of hydrogen-bond acceptors (Lipinski definition) is 6. The van der Waals surface area contributed by atoms with E-state index in [-0.39, 0.29) is 23.0 Å². The summed E-state index contributed by atoms with van der Waals surface area (Å²) >= 11 is 5.95. The van der Waals surface area contributed by atoms with Crippen LogP contribution < -0.4 is 11.2 Å². The minimum Gasteiger partial charge on any atom is -0.339 e. The van der Waals surface area contributed by atoms with Gasteiger partial charge in [-0.05, 0) is 24.4 Å². The maximum Gasteiger partial charge on any atom is 0.332 e. The molecule has 1 aromatic carbocycles. The van der Waals surface area contributed by atoms with Gasteiger partial charge in [0, 0.05) is 25.1 Å². The topological polar surface area (TPSA) is 112 Å². The standard InChI is InChI=1S/C20H21ClN6O3/c1-2-3-11-26-17-15(23-19(21)24-17)18(28)27(20(26)29)12-7-10-14-22-16(25-30-14)13-8-5-4-6-9-13/h4-6,8-9H,2-3,7,10-12H2,1H3,(H,23,24). The predicted octanol–water partition coefficient (Wildman–Crippen LogP) is 3.02. The van der Waals surface area contributed by atoms with Crippen LogP contribution in [0.15, 0.2) is 44.4 Å². The number of nitrogens with zero attached hydrogens (tertiary/aromatic N) is 5. The highest BCUT2D eigenvalue weighted by Crippen LogP contribution is 2.15. The molecule has 0 fully saturated rings. The molecular formula is C20H21ClN6O3. The van der Waals surface area contributed by atoms with Gasteiger partial charge >= 0.3 is 5.69 Å². The van der Waals surface area contributed by atoms with Gasteiger partial charge in [-0.1, -0.05) is 48.8 Å². The molecule has 0 saturated heterocycles. The first-order valence-electron chi connectivity index (χ1n) is 9.85. The molecule has 30 heavy (non-hydrogen) atoms. The minimum absolute atomic E-state index is 0.0869. The van der Waals surface area contributed by atoms with Gasteiger partial charge in [-0.15, -0.1) is 0 Å². The monoisotopic (exact) mass is 428 g/mol. The second-order valence-electron chi connectivity index (χ2n) is 6.95. The van der Waals surface area contributed by atoms with Crippen molar-refractivity contribution in [2.24, 2.45) is 0 Å². The fraction of sp³-hybridized carbons (Fsp3) is 0.350. The van der Waals surface area contributed by atoms with Gasteiger partial charge in [0.25, 0.3) is 5.56 Å². The predicted molar refractivity (Wildman–Crippen MR) is 113 cm³/mol. The van der Waals surface area contributed by atoms with Gasteiger partial charge in [0.05, 0.1) is 0 Å². The number of nitrogens with one attached hydrogen (secondary N) is 1. The van der Waals surface area contributed by atoms with Crippen molar-refractivity contribution in [2.45, 2.75) is 45.7 Å². The molecule has 0 amide bonds. The average Bonchev–Trinajstić information content (AvgIpc) is 3.38. The van der Waals surface area contributed by atoms with E-state index < -0.39 is 5.56 Å². The molecular weight excluding hydrogens is 408 g/mol.